The van der Waals surface area contributed by atoms with Crippen molar-refractivity contribution in [3.63, 3.8) is 0 Å². The van der Waals surface area contributed by atoms with Crippen LogP contribution < -0.4 is 4.74 Å². The van der Waals surface area contributed by atoms with Crippen LogP contribution in [0.3, 0.4) is 0 Å². The summed E-state index contributed by atoms with van der Waals surface area (Å²) in [6, 6.07) is 15.3. The monoisotopic (exact) mass is 593 g/mol. The van der Waals surface area contributed by atoms with Crippen LogP contribution in [0.5, 0.6) is 5.75 Å². The molecule has 0 atom stereocenters. The maximum atomic E-state index is 13.1. The molecule has 0 N–H and O–H groups in total. The Morgan fingerprint density at radius 1 is 0.879 bits per heavy atom. The molecule has 1 fully saturated rings. The molecule has 0 bridgehead atoms. The van der Waals surface area contributed by atoms with Crippen molar-refractivity contribution in [1.82, 2.24) is 4.90 Å². The van der Waals surface area contributed by atoms with E-state index in [4.69, 9.17) is 4.74 Å². The Labute approximate surface area is 209 Å². The average molecular weight is 595 g/mol. The zero-order valence-electron chi connectivity index (χ0n) is 16.9. The van der Waals surface area contributed by atoms with Crippen LogP contribution in [0.2, 0.25) is 0 Å². The number of carbonyl (C=O) groups is 2. The van der Waals surface area contributed by atoms with E-state index in [9.17, 15) is 18.4 Å². The van der Waals surface area contributed by atoms with Crippen LogP contribution in [-0.2, 0) is 17.9 Å². The first-order valence-corrected chi connectivity index (χ1v) is 12.1. The predicted octanol–water partition coefficient (Wildman–Crippen LogP) is 7.31. The lowest BCUT2D eigenvalue weighted by molar-refractivity contribution is -0.123. The number of rotatable bonds is 6. The van der Waals surface area contributed by atoms with E-state index in [-0.39, 0.29) is 30.0 Å². The molecule has 0 radical (unpaired) electrons. The zero-order valence-corrected chi connectivity index (χ0v) is 20.8. The number of halogens is 4. The third-order valence-corrected chi connectivity index (χ3v) is 6.83. The first kappa shape index (κ1) is 23.7. The Hall–Kier alpha value is -2.49. The lowest BCUT2D eigenvalue weighted by atomic mass is 10.2. The van der Waals surface area contributed by atoms with Crippen LogP contribution in [0.15, 0.2) is 74.5 Å². The molecule has 0 unspecified atom stereocenters. The molecule has 0 aromatic heterocycles. The summed E-state index contributed by atoms with van der Waals surface area (Å²) in [5, 5.41) is -0.382. The molecule has 168 valence electrons. The first-order chi connectivity index (χ1) is 15.8. The lowest BCUT2D eigenvalue weighted by Crippen LogP contribution is -2.27. The molecule has 0 spiro atoms. The minimum Gasteiger partial charge on any atom is -0.487 e. The van der Waals surface area contributed by atoms with E-state index in [1.54, 1.807) is 42.5 Å². The summed E-state index contributed by atoms with van der Waals surface area (Å²) in [5.41, 5.74) is 2.16. The van der Waals surface area contributed by atoms with Crippen LogP contribution >= 0.6 is 43.6 Å². The number of imide groups is 1. The summed E-state index contributed by atoms with van der Waals surface area (Å²) in [5.74, 6) is -0.541. The van der Waals surface area contributed by atoms with Gasteiger partial charge in [-0.2, -0.15) is 0 Å². The molecular formula is C24H15Br2F2NO3S. The second-order valence-electron chi connectivity index (χ2n) is 7.12. The van der Waals surface area contributed by atoms with Crippen molar-refractivity contribution in [2.75, 3.05) is 0 Å². The standard InChI is InChI=1S/C24H15Br2F2NO3S/c25-19-9-16(10-20(26)22(19)32-13-15-3-7-18(28)8-4-15)11-21-23(30)29(24(31)33-21)12-14-1-5-17(27)6-2-14/h1-11H,12-13H2/b21-11-. The van der Waals surface area contributed by atoms with Crippen LogP contribution in [0, 0.1) is 11.6 Å². The van der Waals surface area contributed by atoms with Crippen molar-refractivity contribution in [1.29, 1.82) is 0 Å². The van der Waals surface area contributed by atoms with E-state index in [2.05, 4.69) is 31.9 Å². The number of hydrogen-bond acceptors (Lipinski definition) is 4. The third-order valence-electron chi connectivity index (χ3n) is 4.74. The van der Waals surface area contributed by atoms with E-state index in [0.29, 0.717) is 30.7 Å². The van der Waals surface area contributed by atoms with E-state index in [1.165, 1.54) is 24.3 Å². The van der Waals surface area contributed by atoms with E-state index >= 15 is 0 Å². The van der Waals surface area contributed by atoms with Gasteiger partial charge in [-0.1, -0.05) is 24.3 Å². The maximum absolute atomic E-state index is 13.1. The molecule has 4 nitrogen and oxygen atoms in total. The van der Waals surface area contributed by atoms with Crippen LogP contribution in [0.1, 0.15) is 16.7 Å². The molecule has 1 aliphatic heterocycles. The molecule has 9 heteroatoms. The van der Waals surface area contributed by atoms with Gasteiger partial charge in [0.2, 0.25) is 0 Å². The van der Waals surface area contributed by atoms with Gasteiger partial charge in [-0.3, -0.25) is 14.5 Å². The van der Waals surface area contributed by atoms with Crippen molar-refractivity contribution < 1.29 is 23.1 Å². The fourth-order valence-electron chi connectivity index (χ4n) is 3.10. The van der Waals surface area contributed by atoms with Crippen molar-refractivity contribution in [3.05, 3.63) is 103 Å². The highest BCUT2D eigenvalue weighted by Gasteiger charge is 2.35. The molecule has 1 heterocycles. The summed E-state index contributed by atoms with van der Waals surface area (Å²) < 4.78 is 33.3. The zero-order chi connectivity index (χ0) is 23.5. The lowest BCUT2D eigenvalue weighted by Gasteiger charge is -2.12. The second-order valence-corrected chi connectivity index (χ2v) is 9.83. The van der Waals surface area contributed by atoms with E-state index in [0.717, 1.165) is 22.2 Å². The van der Waals surface area contributed by atoms with Gasteiger partial charge in [0.25, 0.3) is 11.1 Å². The van der Waals surface area contributed by atoms with Crippen LogP contribution in [0.25, 0.3) is 6.08 Å². The Bertz CT molecular complexity index is 1220. The summed E-state index contributed by atoms with van der Waals surface area (Å²) in [7, 11) is 0. The maximum Gasteiger partial charge on any atom is 0.293 e. The van der Waals surface area contributed by atoms with Gasteiger partial charge < -0.3 is 4.74 Å². The Balaban J connectivity index is 1.49. The molecule has 1 aliphatic rings. The van der Waals surface area contributed by atoms with Gasteiger partial charge in [0.1, 0.15) is 24.0 Å². The van der Waals surface area contributed by atoms with Crippen molar-refractivity contribution >= 4 is 60.8 Å². The molecule has 1 saturated heterocycles. The second kappa shape index (κ2) is 10.2. The fraction of sp³-hybridized carbons (Fsp3) is 0.0833. The normalized spacial score (nSPS) is 14.9. The van der Waals surface area contributed by atoms with E-state index < -0.39 is 5.91 Å². The number of carbonyl (C=O) groups excluding carboxylic acids is 2. The van der Waals surface area contributed by atoms with Crippen molar-refractivity contribution in [3.8, 4) is 5.75 Å². The molecule has 3 aromatic carbocycles. The number of benzene rings is 3. The van der Waals surface area contributed by atoms with Gasteiger partial charge in [-0.05, 0) is 103 Å². The van der Waals surface area contributed by atoms with Gasteiger partial charge in [0.15, 0.2) is 0 Å². The largest absolute Gasteiger partial charge is 0.487 e. The molecular weight excluding hydrogens is 580 g/mol. The van der Waals surface area contributed by atoms with Crippen LogP contribution in [-0.4, -0.2) is 16.0 Å². The first-order valence-electron chi connectivity index (χ1n) is 9.66. The van der Waals surface area contributed by atoms with Gasteiger partial charge in [0, 0.05) is 0 Å². The minimum absolute atomic E-state index is 0.0752. The van der Waals surface area contributed by atoms with Crippen molar-refractivity contribution in [2.24, 2.45) is 0 Å². The Morgan fingerprint density at radius 2 is 1.42 bits per heavy atom. The molecule has 4 rings (SSSR count). The number of amides is 2. The highest BCUT2D eigenvalue weighted by molar-refractivity contribution is 9.11. The Kier molecular flexibility index (Phi) is 7.31. The summed E-state index contributed by atoms with van der Waals surface area (Å²) >= 11 is 7.81. The SMILES string of the molecule is O=C1S/C(=C\c2cc(Br)c(OCc3ccc(F)cc3)c(Br)c2)C(=O)N1Cc1ccc(F)cc1. The summed E-state index contributed by atoms with van der Waals surface area (Å²) in [6.07, 6.45) is 1.63. The highest BCUT2D eigenvalue weighted by atomic mass is 79.9. The fourth-order valence-corrected chi connectivity index (χ4v) is 5.39. The molecule has 33 heavy (non-hydrogen) atoms. The van der Waals surface area contributed by atoms with Gasteiger partial charge in [-0.15, -0.1) is 0 Å². The van der Waals surface area contributed by atoms with Gasteiger partial charge >= 0.3 is 0 Å². The molecule has 3 aromatic rings. The number of nitrogens with zero attached hydrogens (tertiary/aromatic N) is 1. The number of thioether (sulfide) groups is 1. The Morgan fingerprint density at radius 3 is 2.00 bits per heavy atom. The molecule has 0 aliphatic carbocycles. The van der Waals surface area contributed by atoms with Gasteiger partial charge in [0.05, 0.1) is 20.4 Å². The topological polar surface area (TPSA) is 46.6 Å². The number of hydrogen-bond donors (Lipinski definition) is 0. The highest BCUT2D eigenvalue weighted by Crippen LogP contribution is 2.38. The third kappa shape index (κ3) is 5.72. The van der Waals surface area contributed by atoms with Crippen LogP contribution in [0.4, 0.5) is 13.6 Å². The average Bonchev–Trinajstić information content (AvgIpc) is 3.03. The quantitative estimate of drug-likeness (QED) is 0.281. The summed E-state index contributed by atoms with van der Waals surface area (Å²) in [4.78, 5) is 26.6. The summed E-state index contributed by atoms with van der Waals surface area (Å²) in [6.45, 7) is 0.324. The van der Waals surface area contributed by atoms with Gasteiger partial charge in [-0.25, -0.2) is 8.78 Å². The smallest absolute Gasteiger partial charge is 0.293 e. The number of ether oxygens (including phenoxy) is 1. The minimum atomic E-state index is -0.404. The molecule has 2 amide bonds. The van der Waals surface area contributed by atoms with Crippen molar-refractivity contribution in [2.45, 2.75) is 13.2 Å². The predicted molar refractivity (Wildman–Crippen MR) is 130 cm³/mol. The van der Waals surface area contributed by atoms with E-state index in [1.807, 2.05) is 0 Å². The molecule has 0 saturated carbocycles.